The second kappa shape index (κ2) is 10.3. The van der Waals surface area contributed by atoms with E-state index in [9.17, 15) is 10.5 Å². The third-order valence-electron chi connectivity index (χ3n) is 10.3. The normalized spacial score (nSPS) is 15.3. The van der Waals surface area contributed by atoms with E-state index in [2.05, 4.69) is 108 Å². The van der Waals surface area contributed by atoms with Crippen LogP contribution in [-0.2, 0) is 0 Å². The molecule has 0 spiro atoms. The molecule has 0 saturated carbocycles. The van der Waals surface area contributed by atoms with Gasteiger partial charge in [0.15, 0.2) is 5.82 Å². The Hall–Kier alpha value is -6.82. The number of aromatic nitrogens is 3. The van der Waals surface area contributed by atoms with E-state index in [0.717, 1.165) is 72.3 Å². The quantitative estimate of drug-likeness (QED) is 0.196. The van der Waals surface area contributed by atoms with E-state index in [0.29, 0.717) is 17.0 Å². The summed E-state index contributed by atoms with van der Waals surface area (Å²) in [6.07, 6.45) is 0. The van der Waals surface area contributed by atoms with Gasteiger partial charge in [-0.05, 0) is 57.6 Å². The van der Waals surface area contributed by atoms with Crippen LogP contribution in [0.25, 0.3) is 50.3 Å². The van der Waals surface area contributed by atoms with Crippen LogP contribution in [0.15, 0.2) is 140 Å². The third kappa shape index (κ3) is 3.73. The summed E-state index contributed by atoms with van der Waals surface area (Å²) in [4.78, 5) is 10.6. The van der Waals surface area contributed by atoms with Gasteiger partial charge in [0.2, 0.25) is 0 Å². The molecule has 2 heterocycles. The third-order valence-corrected chi connectivity index (χ3v) is 10.3. The molecular weight excluding hydrogens is 599 g/mol. The monoisotopic (exact) mass is 623 g/mol. The van der Waals surface area contributed by atoms with Gasteiger partial charge in [-0.3, -0.25) is 4.57 Å². The van der Waals surface area contributed by atoms with Gasteiger partial charge in [-0.2, -0.15) is 10.5 Å². The summed E-state index contributed by atoms with van der Waals surface area (Å²) in [5, 5.41) is 22.7. The van der Waals surface area contributed by atoms with Gasteiger partial charge in [-0.25, -0.2) is 9.97 Å². The molecule has 0 fully saturated rings. The summed E-state index contributed by atoms with van der Waals surface area (Å²) in [5.74, 6) is 0.262. The summed E-state index contributed by atoms with van der Waals surface area (Å²) in [6, 6.07) is 52.5. The van der Waals surface area contributed by atoms with Crippen molar-refractivity contribution in [3.63, 3.8) is 0 Å². The van der Waals surface area contributed by atoms with E-state index in [1.54, 1.807) is 0 Å². The second-order valence-corrected chi connectivity index (χ2v) is 12.7. The van der Waals surface area contributed by atoms with Crippen LogP contribution < -0.4 is 0 Å². The molecule has 0 unspecified atom stereocenters. The molecule has 2 bridgehead atoms. The first-order valence-corrected chi connectivity index (χ1v) is 16.4. The van der Waals surface area contributed by atoms with Crippen molar-refractivity contribution < 1.29 is 0 Å². The van der Waals surface area contributed by atoms with Crippen molar-refractivity contribution in [2.75, 3.05) is 0 Å². The van der Waals surface area contributed by atoms with Gasteiger partial charge in [0.1, 0.15) is 5.65 Å². The minimum atomic E-state index is -0.237. The van der Waals surface area contributed by atoms with Crippen LogP contribution in [0.2, 0.25) is 0 Å². The van der Waals surface area contributed by atoms with E-state index < -0.39 is 0 Å². The molecule has 8 aromatic rings. The Kier molecular flexibility index (Phi) is 5.76. The predicted molar refractivity (Wildman–Crippen MR) is 191 cm³/mol. The predicted octanol–water partition coefficient (Wildman–Crippen LogP) is 9.64. The van der Waals surface area contributed by atoms with Crippen LogP contribution in [-0.4, -0.2) is 14.5 Å². The Morgan fingerprint density at radius 1 is 0.510 bits per heavy atom. The standard InChI is InChI=1S/C44H25N5/c45-24-28-16-9-19-31-36(28)40-33-21-11-23-35(39(33)38(31)32-20-10-17-29(25-46)37(32)40)49-34-22-8-7-18-30(34)41-42(26-12-3-1-4-13-26)47-43(48-44(41)49)27-14-5-2-6-15-27/h1-23,38,40H. The summed E-state index contributed by atoms with van der Waals surface area (Å²) in [7, 11) is 0. The van der Waals surface area contributed by atoms with Gasteiger partial charge >= 0.3 is 0 Å². The zero-order valence-corrected chi connectivity index (χ0v) is 26.2. The van der Waals surface area contributed by atoms with Gasteiger partial charge in [0.25, 0.3) is 0 Å². The number of hydrogen-bond donors (Lipinski definition) is 0. The van der Waals surface area contributed by atoms with Crippen molar-refractivity contribution in [1.82, 2.24) is 14.5 Å². The number of nitrogens with zero attached hydrogens (tertiary/aromatic N) is 5. The Morgan fingerprint density at radius 2 is 1.08 bits per heavy atom. The van der Waals surface area contributed by atoms with Crippen molar-refractivity contribution in [3.8, 4) is 40.5 Å². The number of rotatable bonds is 3. The average molecular weight is 624 g/mol. The number of nitriles is 2. The number of fused-ring (bicyclic) bond motifs is 3. The van der Waals surface area contributed by atoms with Crippen molar-refractivity contribution >= 4 is 21.9 Å². The largest absolute Gasteiger partial charge is 0.293 e. The van der Waals surface area contributed by atoms with E-state index in [-0.39, 0.29) is 11.8 Å². The topological polar surface area (TPSA) is 78.3 Å². The van der Waals surface area contributed by atoms with Crippen LogP contribution in [0.3, 0.4) is 0 Å². The van der Waals surface area contributed by atoms with E-state index in [4.69, 9.17) is 9.97 Å². The first-order chi connectivity index (χ1) is 24.3. The Labute approximate surface area is 282 Å². The summed E-state index contributed by atoms with van der Waals surface area (Å²) < 4.78 is 2.31. The fraction of sp³-hybridized carbons (Fsp3) is 0.0455. The highest BCUT2D eigenvalue weighted by atomic mass is 15.1. The first kappa shape index (κ1) is 27.3. The van der Waals surface area contributed by atoms with Crippen molar-refractivity contribution in [3.05, 3.63) is 184 Å². The molecule has 2 aromatic heterocycles. The minimum Gasteiger partial charge on any atom is -0.293 e. The van der Waals surface area contributed by atoms with Crippen LogP contribution in [0.5, 0.6) is 0 Å². The second-order valence-electron chi connectivity index (χ2n) is 12.7. The number of hydrogen-bond acceptors (Lipinski definition) is 4. The van der Waals surface area contributed by atoms with E-state index in [1.807, 2.05) is 48.5 Å². The Morgan fingerprint density at radius 3 is 1.73 bits per heavy atom. The molecule has 3 aliphatic carbocycles. The molecular formula is C44H25N5. The highest BCUT2D eigenvalue weighted by Crippen LogP contribution is 2.59. The van der Waals surface area contributed by atoms with Gasteiger partial charge in [-0.15, -0.1) is 0 Å². The molecule has 6 aromatic carbocycles. The molecule has 0 N–H and O–H groups in total. The van der Waals surface area contributed by atoms with Gasteiger partial charge in [0.05, 0.1) is 45.5 Å². The zero-order valence-electron chi connectivity index (χ0n) is 26.2. The number of para-hydroxylation sites is 1. The number of benzene rings is 6. The van der Waals surface area contributed by atoms with E-state index >= 15 is 0 Å². The van der Waals surface area contributed by atoms with Gasteiger partial charge < -0.3 is 0 Å². The van der Waals surface area contributed by atoms with E-state index in [1.165, 1.54) is 5.56 Å². The summed E-state index contributed by atoms with van der Waals surface area (Å²) in [6.45, 7) is 0. The Bertz CT molecular complexity index is 2680. The molecule has 0 saturated heterocycles. The summed E-state index contributed by atoms with van der Waals surface area (Å²) >= 11 is 0. The minimum absolute atomic E-state index is 0.164. The maximum atomic E-state index is 10.3. The summed E-state index contributed by atoms with van der Waals surface area (Å²) in [5.41, 5.74) is 13.7. The fourth-order valence-electron chi connectivity index (χ4n) is 8.39. The van der Waals surface area contributed by atoms with Crippen LogP contribution in [0.4, 0.5) is 0 Å². The van der Waals surface area contributed by atoms with Gasteiger partial charge in [0, 0.05) is 28.3 Å². The van der Waals surface area contributed by atoms with Crippen LogP contribution in [0, 0.1) is 22.7 Å². The SMILES string of the molecule is N#Cc1cccc2c1C1c3cccc(-n4c5ccccc5c5c(-c6ccccc6)nc(-c6ccccc6)nc54)c3C2c2cccc(C#N)c21. The average Bonchev–Trinajstić information content (AvgIpc) is 3.51. The molecule has 0 radical (unpaired) electrons. The van der Waals surface area contributed by atoms with Crippen molar-refractivity contribution in [1.29, 1.82) is 10.5 Å². The lowest BCUT2D eigenvalue weighted by atomic mass is 9.59. The maximum Gasteiger partial charge on any atom is 0.162 e. The highest BCUT2D eigenvalue weighted by molar-refractivity contribution is 6.14. The Balaban J connectivity index is 1.35. The molecule has 0 amide bonds. The van der Waals surface area contributed by atoms with Crippen molar-refractivity contribution in [2.45, 2.75) is 11.8 Å². The highest BCUT2D eigenvalue weighted by Gasteiger charge is 2.45. The van der Waals surface area contributed by atoms with Crippen molar-refractivity contribution in [2.24, 2.45) is 0 Å². The molecule has 0 aliphatic heterocycles. The molecule has 5 heteroatoms. The van der Waals surface area contributed by atoms with Gasteiger partial charge in [-0.1, -0.05) is 115 Å². The maximum absolute atomic E-state index is 10.3. The molecule has 0 atom stereocenters. The lowest BCUT2D eigenvalue weighted by Gasteiger charge is -2.43. The van der Waals surface area contributed by atoms with Crippen LogP contribution >= 0.6 is 0 Å². The smallest absolute Gasteiger partial charge is 0.162 e. The molecule has 11 rings (SSSR count). The lowest BCUT2D eigenvalue weighted by molar-refractivity contribution is 0.744. The zero-order chi connectivity index (χ0) is 32.6. The van der Waals surface area contributed by atoms with Crippen LogP contribution in [0.1, 0.15) is 56.3 Å². The molecule has 226 valence electrons. The molecule has 49 heavy (non-hydrogen) atoms. The lowest BCUT2D eigenvalue weighted by Crippen LogP contribution is -2.30. The molecule has 5 nitrogen and oxygen atoms in total. The molecule has 3 aliphatic rings. The first-order valence-electron chi connectivity index (χ1n) is 16.4. The fourth-order valence-corrected chi connectivity index (χ4v) is 8.39.